The number of ether oxygens (including phenoxy) is 2. The molecule has 8 aromatic carbocycles. The lowest BCUT2D eigenvalue weighted by atomic mass is 9.35. The predicted octanol–water partition coefficient (Wildman–Crippen LogP) is 7.27. The second-order valence-corrected chi connectivity index (χ2v) is 14.6. The Morgan fingerprint density at radius 3 is 1.19 bits per heavy atom. The lowest BCUT2D eigenvalue weighted by Crippen LogP contribution is -2.55. The van der Waals surface area contributed by atoms with Crippen molar-refractivity contribution in [1.29, 1.82) is 0 Å². The minimum absolute atomic E-state index is 0.0590. The van der Waals surface area contributed by atoms with Gasteiger partial charge in [0, 0.05) is 11.1 Å². The molecule has 12 rings (SSSR count). The molecule has 2 aliphatic carbocycles. The van der Waals surface area contributed by atoms with E-state index in [1.54, 1.807) is 0 Å². The fourth-order valence-corrected chi connectivity index (χ4v) is 10.1. The quantitative estimate of drug-likeness (QED) is 0.180. The second kappa shape index (κ2) is 10.8. The number of hydrogen-bond acceptors (Lipinski definition) is 2. The molecule has 1 spiro atoms. The van der Waals surface area contributed by atoms with Crippen molar-refractivity contribution in [3.63, 3.8) is 0 Å². The van der Waals surface area contributed by atoms with Crippen LogP contribution in [0, 0.1) is 0 Å². The number of hydrogen-bond donors (Lipinski definition) is 0. The first-order valence-electron chi connectivity index (χ1n) is 18.5. The van der Waals surface area contributed by atoms with Crippen LogP contribution >= 0.6 is 0 Å². The van der Waals surface area contributed by atoms with E-state index in [4.69, 9.17) is 9.47 Å². The third kappa shape index (κ3) is 3.75. The largest absolute Gasteiger partial charge is 0.458 e. The molecule has 4 aliphatic rings. The Balaban J connectivity index is 1.16. The van der Waals surface area contributed by atoms with E-state index in [0.717, 1.165) is 23.0 Å². The Bertz CT molecular complexity index is 2620. The smallest absolute Gasteiger partial charge is 0.250 e. The zero-order chi connectivity index (χ0) is 34.7. The number of fused-ring (bicyclic) bond motifs is 16. The van der Waals surface area contributed by atoms with E-state index in [0.29, 0.717) is 0 Å². The lowest BCUT2D eigenvalue weighted by molar-refractivity contribution is 0.488. The summed E-state index contributed by atoms with van der Waals surface area (Å²) in [5, 5.41) is 0. The van der Waals surface area contributed by atoms with Gasteiger partial charge in [0.05, 0.1) is 5.41 Å². The van der Waals surface area contributed by atoms with Gasteiger partial charge >= 0.3 is 0 Å². The minimum atomic E-state index is -0.549. The van der Waals surface area contributed by atoms with E-state index in [-0.39, 0.29) is 13.4 Å². The number of para-hydroxylation sites is 2. The zero-order valence-electron chi connectivity index (χ0n) is 28.8. The highest BCUT2D eigenvalue weighted by molar-refractivity contribution is 6.97. The summed E-state index contributed by atoms with van der Waals surface area (Å²) in [6, 6.07) is 66.3. The SMILES string of the molecule is c1ccc(B2c3ccccc3Oc3c2ccc2c3-c3ccccc3C23c2ccccc2-c2c3ccc3c2Oc2ccccc2B3c2ccccc2)cc1. The van der Waals surface area contributed by atoms with Gasteiger partial charge in [-0.05, 0) is 67.4 Å². The summed E-state index contributed by atoms with van der Waals surface area (Å²) >= 11 is 0. The molecule has 8 aromatic rings. The van der Waals surface area contributed by atoms with Crippen molar-refractivity contribution in [2.24, 2.45) is 0 Å². The molecular formula is C49H30B2O2. The standard InChI is InChI=1S/C49H30B2O2/c1-3-15-31(16-4-1)50-39-23-11-13-25-43(39)52-47-41(50)29-27-37-45(47)33-19-7-9-21-35(33)49(37)36-22-10-8-20-34(36)46-38(49)28-30-42-48(46)53-44-26-14-12-24-40(44)51(42)32-17-5-2-6-18-32/h1-30H. The molecule has 2 aliphatic heterocycles. The molecule has 4 heteroatoms. The lowest BCUT2D eigenvalue weighted by Gasteiger charge is -2.33. The van der Waals surface area contributed by atoms with Crippen molar-refractivity contribution in [2.45, 2.75) is 5.41 Å². The molecule has 0 saturated carbocycles. The van der Waals surface area contributed by atoms with E-state index >= 15 is 0 Å². The van der Waals surface area contributed by atoms with Gasteiger partial charge in [0.2, 0.25) is 0 Å². The van der Waals surface area contributed by atoms with Gasteiger partial charge < -0.3 is 9.47 Å². The molecule has 0 atom stereocenters. The number of benzene rings is 8. The van der Waals surface area contributed by atoms with Crippen LogP contribution in [-0.2, 0) is 5.41 Å². The van der Waals surface area contributed by atoms with Gasteiger partial charge in [0.25, 0.3) is 13.4 Å². The fraction of sp³-hybridized carbons (Fsp3) is 0.0204. The molecule has 0 radical (unpaired) electrons. The van der Waals surface area contributed by atoms with Gasteiger partial charge in [0.1, 0.15) is 23.0 Å². The van der Waals surface area contributed by atoms with Crippen LogP contribution in [0.3, 0.4) is 0 Å². The first-order valence-corrected chi connectivity index (χ1v) is 18.5. The van der Waals surface area contributed by atoms with Gasteiger partial charge in [0.15, 0.2) is 0 Å². The topological polar surface area (TPSA) is 18.5 Å². The molecule has 0 unspecified atom stereocenters. The molecule has 0 saturated heterocycles. The molecule has 0 aromatic heterocycles. The summed E-state index contributed by atoms with van der Waals surface area (Å²) in [6.07, 6.45) is 0. The molecule has 0 amide bonds. The van der Waals surface area contributed by atoms with Crippen LogP contribution in [0.15, 0.2) is 182 Å². The van der Waals surface area contributed by atoms with Crippen LogP contribution in [0.25, 0.3) is 22.3 Å². The predicted molar refractivity (Wildman–Crippen MR) is 218 cm³/mol. The first-order chi connectivity index (χ1) is 26.3. The fourth-order valence-electron chi connectivity index (χ4n) is 10.1. The zero-order valence-corrected chi connectivity index (χ0v) is 28.8. The van der Waals surface area contributed by atoms with Gasteiger partial charge in [-0.1, -0.05) is 181 Å². The van der Waals surface area contributed by atoms with Crippen molar-refractivity contribution < 1.29 is 9.47 Å². The monoisotopic (exact) mass is 672 g/mol. The molecule has 2 nitrogen and oxygen atoms in total. The maximum absolute atomic E-state index is 7.08. The molecular weight excluding hydrogens is 642 g/mol. The summed E-state index contributed by atoms with van der Waals surface area (Å²) in [5.74, 6) is 3.75. The van der Waals surface area contributed by atoms with Gasteiger partial charge in [-0.2, -0.15) is 0 Å². The Kier molecular flexibility index (Phi) is 5.91. The molecule has 0 fully saturated rings. The van der Waals surface area contributed by atoms with E-state index in [2.05, 4.69) is 182 Å². The van der Waals surface area contributed by atoms with Gasteiger partial charge in [-0.25, -0.2) is 0 Å². The molecule has 53 heavy (non-hydrogen) atoms. The van der Waals surface area contributed by atoms with Crippen molar-refractivity contribution in [1.82, 2.24) is 0 Å². The van der Waals surface area contributed by atoms with Crippen molar-refractivity contribution in [3.8, 4) is 45.3 Å². The van der Waals surface area contributed by atoms with E-state index in [1.165, 1.54) is 77.3 Å². The average Bonchev–Trinajstić information content (AvgIpc) is 3.70. The van der Waals surface area contributed by atoms with Crippen molar-refractivity contribution in [2.75, 3.05) is 0 Å². The maximum atomic E-state index is 7.08. The number of rotatable bonds is 2. The highest BCUT2D eigenvalue weighted by atomic mass is 16.5. The third-order valence-corrected chi connectivity index (χ3v) is 12.2. The Morgan fingerprint density at radius 2 is 0.717 bits per heavy atom. The Morgan fingerprint density at radius 1 is 0.321 bits per heavy atom. The van der Waals surface area contributed by atoms with Gasteiger partial charge in [-0.15, -0.1) is 0 Å². The van der Waals surface area contributed by atoms with Crippen molar-refractivity contribution >= 4 is 46.2 Å². The highest BCUT2D eigenvalue weighted by Gasteiger charge is 2.55. The first kappa shape index (κ1) is 29.1. The summed E-state index contributed by atoms with van der Waals surface area (Å²) in [6.45, 7) is 0.118. The highest BCUT2D eigenvalue weighted by Crippen LogP contribution is 2.65. The van der Waals surface area contributed by atoms with Crippen molar-refractivity contribution in [3.05, 3.63) is 204 Å². The van der Waals surface area contributed by atoms with Crippen LogP contribution in [0.2, 0.25) is 0 Å². The minimum Gasteiger partial charge on any atom is -0.458 e. The van der Waals surface area contributed by atoms with E-state index in [1.807, 2.05) is 0 Å². The summed E-state index contributed by atoms with van der Waals surface area (Å²) < 4.78 is 14.2. The normalized spacial score (nSPS) is 14.4. The van der Waals surface area contributed by atoms with Crippen LogP contribution in [0.5, 0.6) is 23.0 Å². The maximum Gasteiger partial charge on any atom is 0.250 e. The molecule has 2 heterocycles. The molecule has 244 valence electrons. The summed E-state index contributed by atoms with van der Waals surface area (Å²) in [4.78, 5) is 0. The van der Waals surface area contributed by atoms with Crippen LogP contribution in [-0.4, -0.2) is 13.4 Å². The Labute approximate surface area is 309 Å². The average molecular weight is 672 g/mol. The Hall–Kier alpha value is -6.51. The van der Waals surface area contributed by atoms with E-state index < -0.39 is 5.41 Å². The van der Waals surface area contributed by atoms with Crippen LogP contribution in [0.4, 0.5) is 0 Å². The second-order valence-electron chi connectivity index (χ2n) is 14.6. The molecule has 0 N–H and O–H groups in total. The molecule has 0 bridgehead atoms. The van der Waals surface area contributed by atoms with Crippen LogP contribution in [0.1, 0.15) is 22.3 Å². The third-order valence-electron chi connectivity index (χ3n) is 12.2. The van der Waals surface area contributed by atoms with Crippen LogP contribution < -0.4 is 42.3 Å². The summed E-state index contributed by atoms with van der Waals surface area (Å²) in [5.41, 5.74) is 16.6. The van der Waals surface area contributed by atoms with Gasteiger partial charge in [-0.3, -0.25) is 0 Å². The van der Waals surface area contributed by atoms with E-state index in [9.17, 15) is 0 Å². The summed E-state index contributed by atoms with van der Waals surface area (Å²) in [7, 11) is 0.